The van der Waals surface area contributed by atoms with Crippen molar-refractivity contribution >= 4 is 11.7 Å². The number of benzene rings is 2. The number of alkyl halides is 3. The first kappa shape index (κ1) is 29.0. The summed E-state index contributed by atoms with van der Waals surface area (Å²) in [5, 5.41) is 9.27. The highest BCUT2D eigenvalue weighted by Gasteiger charge is 2.32. The lowest BCUT2D eigenvalue weighted by Crippen LogP contribution is -2.51. The van der Waals surface area contributed by atoms with Crippen molar-refractivity contribution < 1.29 is 27.8 Å². The number of halogens is 3. The Labute approximate surface area is 230 Å². The second kappa shape index (κ2) is 12.0. The minimum absolute atomic E-state index is 0.0493. The number of carboxylic acids is 1. The number of carboxylic acid groups (broad SMARTS) is 1. The monoisotopic (exact) mass is 570 g/mol. The molecule has 214 valence electrons. The van der Waals surface area contributed by atoms with Gasteiger partial charge in [0.1, 0.15) is 5.75 Å². The highest BCUT2D eigenvalue weighted by Crippen LogP contribution is 2.28. The standard InChI is InChI=1S/C27H25F3N6O5/c1-3-17-4-6-18(7-5-17)15-35-24(34-25(39)36(26(35)40)14-16(2)23(37)38)33-19-8-10-20(11-9-19)41-22-13-31-21(12-32-22)27(28,29)30/h4-13,16H,3,14-15H2,1-2H3,(H,37,38)(H,33,34,39)/t16-/m0/s1. The predicted molar refractivity (Wildman–Crippen MR) is 140 cm³/mol. The number of aryl methyl sites for hydroxylation is 1. The Morgan fingerprint density at radius 3 is 2.24 bits per heavy atom. The second-order valence-corrected chi connectivity index (χ2v) is 9.09. The van der Waals surface area contributed by atoms with Crippen LogP contribution in [0.2, 0.25) is 0 Å². The lowest BCUT2D eigenvalue weighted by molar-refractivity contribution is -0.142. The summed E-state index contributed by atoms with van der Waals surface area (Å²) < 4.78 is 45.6. The Kier molecular flexibility index (Phi) is 8.50. The molecule has 0 aliphatic heterocycles. The molecule has 0 saturated carbocycles. The highest BCUT2D eigenvalue weighted by atomic mass is 19.4. The van der Waals surface area contributed by atoms with Gasteiger partial charge in [-0.3, -0.25) is 14.3 Å². The zero-order chi connectivity index (χ0) is 29.7. The highest BCUT2D eigenvalue weighted by molar-refractivity contribution is 5.69. The van der Waals surface area contributed by atoms with Crippen molar-refractivity contribution in [2.45, 2.75) is 39.5 Å². The first-order chi connectivity index (χ1) is 19.4. The molecule has 4 rings (SSSR count). The molecule has 11 nitrogen and oxygen atoms in total. The molecule has 0 radical (unpaired) electrons. The topological polar surface area (TPSA) is 144 Å². The van der Waals surface area contributed by atoms with Gasteiger partial charge >= 0.3 is 23.5 Å². The van der Waals surface area contributed by atoms with E-state index in [9.17, 15) is 32.7 Å². The van der Waals surface area contributed by atoms with Crippen LogP contribution in [0.1, 0.15) is 30.7 Å². The minimum Gasteiger partial charge on any atom is -0.481 e. The summed E-state index contributed by atoms with van der Waals surface area (Å²) in [6, 6.07) is 13.5. The van der Waals surface area contributed by atoms with Gasteiger partial charge in [0.15, 0.2) is 5.69 Å². The van der Waals surface area contributed by atoms with Gasteiger partial charge in [0.05, 0.1) is 30.5 Å². The molecule has 0 bridgehead atoms. The largest absolute Gasteiger partial charge is 0.481 e. The number of carbonyl (C=O) groups is 1. The average molecular weight is 571 g/mol. The normalized spacial score (nSPS) is 12.8. The van der Waals surface area contributed by atoms with Gasteiger partial charge in [0.25, 0.3) is 0 Å². The van der Waals surface area contributed by atoms with Gasteiger partial charge in [0.2, 0.25) is 11.5 Å². The van der Waals surface area contributed by atoms with E-state index in [1.807, 2.05) is 31.2 Å². The van der Waals surface area contributed by atoms with E-state index in [0.29, 0.717) is 11.9 Å². The van der Waals surface area contributed by atoms with Gasteiger partial charge in [-0.05, 0) is 41.8 Å². The van der Waals surface area contributed by atoms with E-state index in [4.69, 9.17) is 4.74 Å². The van der Waals surface area contributed by atoms with Crippen LogP contribution in [0.5, 0.6) is 11.6 Å². The second-order valence-electron chi connectivity index (χ2n) is 9.09. The summed E-state index contributed by atoms with van der Waals surface area (Å²) in [5.74, 6) is -2.07. The third kappa shape index (κ3) is 7.15. The van der Waals surface area contributed by atoms with Crippen LogP contribution < -0.4 is 21.7 Å². The molecule has 14 heteroatoms. The van der Waals surface area contributed by atoms with E-state index >= 15 is 0 Å². The van der Waals surface area contributed by atoms with Crippen molar-refractivity contribution in [2.75, 3.05) is 0 Å². The number of hydrogen-bond acceptors (Lipinski definition) is 7. The summed E-state index contributed by atoms with van der Waals surface area (Å²) in [5.41, 5.74) is -0.601. The third-order valence-corrected chi connectivity index (χ3v) is 6.04. The van der Waals surface area contributed by atoms with Crippen LogP contribution in [0.15, 0.2) is 75.5 Å². The van der Waals surface area contributed by atoms with E-state index in [-0.39, 0.29) is 30.3 Å². The van der Waals surface area contributed by atoms with Gasteiger partial charge in [0, 0.05) is 6.54 Å². The minimum atomic E-state index is -4.62. The number of hydrogen-bond donors (Lipinski definition) is 2. The number of H-pyrrole nitrogens is 1. The molecule has 2 aromatic heterocycles. The van der Waals surface area contributed by atoms with Crippen molar-refractivity contribution in [2.24, 2.45) is 10.9 Å². The Balaban J connectivity index is 1.68. The molecule has 41 heavy (non-hydrogen) atoms. The fraction of sp³-hybridized carbons (Fsp3) is 0.259. The number of nitrogens with one attached hydrogen (secondary N) is 1. The molecular weight excluding hydrogens is 545 g/mol. The number of rotatable bonds is 9. The van der Waals surface area contributed by atoms with Gasteiger partial charge in [-0.2, -0.15) is 13.2 Å². The molecule has 2 N–H and O–H groups in total. The van der Waals surface area contributed by atoms with E-state index < -0.39 is 35.1 Å². The average Bonchev–Trinajstić information content (AvgIpc) is 2.94. The number of nitrogens with zero attached hydrogens (tertiary/aromatic N) is 5. The van der Waals surface area contributed by atoms with Crippen molar-refractivity contribution in [1.82, 2.24) is 24.1 Å². The molecule has 0 spiro atoms. The van der Waals surface area contributed by atoms with E-state index in [0.717, 1.165) is 28.3 Å². The van der Waals surface area contributed by atoms with E-state index in [1.165, 1.54) is 35.8 Å². The van der Waals surface area contributed by atoms with Gasteiger partial charge in [-0.1, -0.05) is 38.1 Å². The molecule has 0 fully saturated rings. The summed E-state index contributed by atoms with van der Waals surface area (Å²) >= 11 is 0. The summed E-state index contributed by atoms with van der Waals surface area (Å²) in [6.45, 7) is 3.11. The van der Waals surface area contributed by atoms with E-state index in [2.05, 4.69) is 19.9 Å². The van der Waals surface area contributed by atoms with Gasteiger partial charge in [-0.25, -0.2) is 29.1 Å². The third-order valence-electron chi connectivity index (χ3n) is 6.04. The lowest BCUT2D eigenvalue weighted by Gasteiger charge is -2.13. The Bertz CT molecular complexity index is 1710. The fourth-order valence-corrected chi connectivity index (χ4v) is 3.71. The summed E-state index contributed by atoms with van der Waals surface area (Å²) in [4.78, 5) is 51.4. The molecule has 0 amide bonds. The molecule has 0 aliphatic rings. The van der Waals surface area contributed by atoms with Crippen molar-refractivity contribution in [3.05, 3.63) is 104 Å². The molecule has 0 saturated heterocycles. The number of aromatic amines is 1. The maximum atomic E-state index is 13.4. The van der Waals surface area contributed by atoms with Crippen molar-refractivity contribution in [3.63, 3.8) is 0 Å². The van der Waals surface area contributed by atoms with Crippen LogP contribution in [0.25, 0.3) is 0 Å². The van der Waals surface area contributed by atoms with Crippen LogP contribution >= 0.6 is 0 Å². The van der Waals surface area contributed by atoms with Crippen LogP contribution in [-0.4, -0.2) is 35.2 Å². The van der Waals surface area contributed by atoms with Crippen molar-refractivity contribution in [1.29, 1.82) is 0 Å². The molecule has 0 unspecified atom stereocenters. The van der Waals surface area contributed by atoms with Crippen molar-refractivity contribution in [3.8, 4) is 11.6 Å². The number of aromatic nitrogens is 5. The Morgan fingerprint density at radius 1 is 1.02 bits per heavy atom. The first-order valence-electron chi connectivity index (χ1n) is 12.4. The molecule has 0 aliphatic carbocycles. The molecule has 1 atom stereocenters. The van der Waals surface area contributed by atoms with Gasteiger partial charge in [-0.15, -0.1) is 0 Å². The number of ether oxygens (including phenoxy) is 1. The molecule has 4 aromatic rings. The fourth-order valence-electron chi connectivity index (χ4n) is 3.71. The molecule has 2 heterocycles. The van der Waals surface area contributed by atoms with Crippen LogP contribution in [0.4, 0.5) is 18.9 Å². The predicted octanol–water partition coefficient (Wildman–Crippen LogP) is 3.50. The molecular formula is C27H25F3N6O5. The van der Waals surface area contributed by atoms with Crippen LogP contribution in [0.3, 0.4) is 0 Å². The van der Waals surface area contributed by atoms with Crippen LogP contribution in [0, 0.1) is 5.92 Å². The zero-order valence-corrected chi connectivity index (χ0v) is 21.9. The summed E-state index contributed by atoms with van der Waals surface area (Å²) in [7, 11) is 0. The number of aliphatic carboxylic acids is 1. The quantitative estimate of drug-likeness (QED) is 0.313. The zero-order valence-electron chi connectivity index (χ0n) is 21.9. The SMILES string of the molecule is CCc1ccc(Cn2c(=O)n(C[C@H](C)C(=O)O)c(=O)[nH]/c2=N\c2ccc(Oc3cnc(C(F)(F)F)cn3)cc2)cc1. The van der Waals surface area contributed by atoms with Gasteiger partial charge < -0.3 is 9.84 Å². The summed E-state index contributed by atoms with van der Waals surface area (Å²) in [6.07, 6.45) is -2.39. The maximum absolute atomic E-state index is 13.4. The first-order valence-corrected chi connectivity index (χ1v) is 12.4. The van der Waals surface area contributed by atoms with Crippen LogP contribution in [-0.2, 0) is 30.5 Å². The van der Waals surface area contributed by atoms with E-state index in [1.54, 1.807) is 0 Å². The lowest BCUT2D eigenvalue weighted by atomic mass is 10.1. The Morgan fingerprint density at radius 2 is 1.68 bits per heavy atom. The maximum Gasteiger partial charge on any atom is 0.434 e. The molecule has 2 aromatic carbocycles. The Hall–Kier alpha value is -5.01. The smallest absolute Gasteiger partial charge is 0.434 e.